The van der Waals surface area contributed by atoms with E-state index in [0.29, 0.717) is 11.3 Å². The lowest BCUT2D eigenvalue weighted by atomic mass is 10.2. The molecule has 0 amide bonds. The topological polar surface area (TPSA) is 76.8 Å². The first-order chi connectivity index (χ1) is 11.2. The number of hydrogen-bond acceptors (Lipinski definition) is 5. The molecule has 0 radical (unpaired) electrons. The third kappa shape index (κ3) is 5.13. The van der Waals surface area contributed by atoms with Crippen LogP contribution >= 0.6 is 11.6 Å². The SMILES string of the molecule is O=[N+]([O-])c1ccc(C(Cl)=NNc2ccc(OC(F)(F)F)cc2)cc1. The van der Waals surface area contributed by atoms with Crippen molar-refractivity contribution >= 4 is 28.1 Å². The molecule has 0 saturated carbocycles. The highest BCUT2D eigenvalue weighted by Gasteiger charge is 2.30. The molecule has 0 atom stereocenters. The van der Waals surface area contributed by atoms with Gasteiger partial charge in [-0.1, -0.05) is 11.6 Å². The molecule has 0 aliphatic rings. The highest BCUT2D eigenvalue weighted by Crippen LogP contribution is 2.24. The van der Waals surface area contributed by atoms with E-state index in [4.69, 9.17) is 11.6 Å². The average molecular weight is 360 g/mol. The fourth-order valence-electron chi connectivity index (χ4n) is 1.63. The second-order valence-electron chi connectivity index (χ2n) is 4.39. The molecule has 0 saturated heterocycles. The van der Waals surface area contributed by atoms with Gasteiger partial charge in [-0.15, -0.1) is 13.2 Å². The van der Waals surface area contributed by atoms with Crippen LogP contribution in [0.5, 0.6) is 5.75 Å². The van der Waals surface area contributed by atoms with Gasteiger partial charge in [0.25, 0.3) is 5.69 Å². The fourth-order valence-corrected chi connectivity index (χ4v) is 1.80. The van der Waals surface area contributed by atoms with Crippen LogP contribution in [-0.2, 0) is 0 Å². The van der Waals surface area contributed by atoms with Crippen molar-refractivity contribution in [2.45, 2.75) is 6.36 Å². The number of nitro groups is 1. The summed E-state index contributed by atoms with van der Waals surface area (Å²) in [6.45, 7) is 0. The molecule has 0 fully saturated rings. The van der Waals surface area contributed by atoms with Crippen molar-refractivity contribution in [3.05, 3.63) is 64.2 Å². The van der Waals surface area contributed by atoms with Gasteiger partial charge in [-0.05, 0) is 36.4 Å². The van der Waals surface area contributed by atoms with Gasteiger partial charge in [-0.25, -0.2) is 0 Å². The molecule has 2 aromatic rings. The van der Waals surface area contributed by atoms with Crippen LogP contribution in [0.3, 0.4) is 0 Å². The number of hydrazone groups is 1. The molecule has 0 bridgehead atoms. The normalized spacial score (nSPS) is 11.9. The minimum Gasteiger partial charge on any atom is -0.406 e. The summed E-state index contributed by atoms with van der Waals surface area (Å²) in [5, 5.41) is 14.4. The van der Waals surface area contributed by atoms with E-state index in [1.165, 1.54) is 36.4 Å². The van der Waals surface area contributed by atoms with Crippen LogP contribution in [0.1, 0.15) is 5.56 Å². The zero-order chi connectivity index (χ0) is 17.7. The van der Waals surface area contributed by atoms with Crippen molar-refractivity contribution in [3.8, 4) is 5.75 Å². The van der Waals surface area contributed by atoms with Gasteiger partial charge < -0.3 is 4.74 Å². The molecule has 126 valence electrons. The van der Waals surface area contributed by atoms with E-state index in [-0.39, 0.29) is 16.6 Å². The summed E-state index contributed by atoms with van der Waals surface area (Å²) in [6.07, 6.45) is -4.76. The minimum absolute atomic E-state index is 0.0283. The fraction of sp³-hybridized carbons (Fsp3) is 0.0714. The van der Waals surface area contributed by atoms with Crippen molar-refractivity contribution in [2.75, 3.05) is 5.43 Å². The van der Waals surface area contributed by atoms with Gasteiger partial charge in [0.1, 0.15) is 5.75 Å². The van der Waals surface area contributed by atoms with Crippen LogP contribution in [0, 0.1) is 10.1 Å². The Bertz CT molecular complexity index is 747. The molecule has 24 heavy (non-hydrogen) atoms. The van der Waals surface area contributed by atoms with Crippen molar-refractivity contribution in [1.29, 1.82) is 0 Å². The number of non-ortho nitro benzene ring substituents is 1. The molecule has 0 aromatic heterocycles. The zero-order valence-corrected chi connectivity index (χ0v) is 12.5. The van der Waals surface area contributed by atoms with Crippen molar-refractivity contribution in [1.82, 2.24) is 0 Å². The van der Waals surface area contributed by atoms with Crippen LogP contribution in [-0.4, -0.2) is 16.5 Å². The summed E-state index contributed by atoms with van der Waals surface area (Å²) in [4.78, 5) is 10.0. The summed E-state index contributed by atoms with van der Waals surface area (Å²) in [5.74, 6) is -0.363. The molecule has 0 spiro atoms. The van der Waals surface area contributed by atoms with Crippen LogP contribution in [0.15, 0.2) is 53.6 Å². The number of benzene rings is 2. The van der Waals surface area contributed by atoms with E-state index >= 15 is 0 Å². The minimum atomic E-state index is -4.76. The lowest BCUT2D eigenvalue weighted by molar-refractivity contribution is -0.384. The summed E-state index contributed by atoms with van der Waals surface area (Å²) in [6, 6.07) is 10.3. The number of nitrogens with one attached hydrogen (secondary N) is 1. The Morgan fingerprint density at radius 1 is 1.12 bits per heavy atom. The maximum Gasteiger partial charge on any atom is 0.573 e. The number of hydrogen-bond donors (Lipinski definition) is 1. The number of halogens is 4. The Labute approximate surface area is 138 Å². The van der Waals surface area contributed by atoms with Gasteiger partial charge in [-0.2, -0.15) is 5.10 Å². The smallest absolute Gasteiger partial charge is 0.406 e. The molecular formula is C14H9ClF3N3O3. The number of ether oxygens (including phenoxy) is 1. The van der Waals surface area contributed by atoms with E-state index in [9.17, 15) is 23.3 Å². The number of rotatable bonds is 5. The number of nitro benzene ring substituents is 1. The highest BCUT2D eigenvalue weighted by molar-refractivity contribution is 6.69. The van der Waals surface area contributed by atoms with E-state index in [0.717, 1.165) is 12.1 Å². The lowest BCUT2D eigenvalue weighted by Crippen LogP contribution is -2.16. The molecule has 0 aliphatic heterocycles. The second kappa shape index (κ2) is 7.18. The van der Waals surface area contributed by atoms with E-state index in [1.807, 2.05) is 0 Å². The first-order valence-electron chi connectivity index (χ1n) is 6.34. The summed E-state index contributed by atoms with van der Waals surface area (Å²) in [5.41, 5.74) is 3.29. The highest BCUT2D eigenvalue weighted by atomic mass is 35.5. The third-order valence-corrected chi connectivity index (χ3v) is 2.99. The zero-order valence-electron chi connectivity index (χ0n) is 11.7. The van der Waals surface area contributed by atoms with Gasteiger partial charge in [-0.3, -0.25) is 15.5 Å². The van der Waals surface area contributed by atoms with E-state index in [1.54, 1.807) is 0 Å². The van der Waals surface area contributed by atoms with E-state index in [2.05, 4.69) is 15.3 Å². The predicted molar refractivity (Wildman–Crippen MR) is 82.2 cm³/mol. The van der Waals surface area contributed by atoms with Gasteiger partial charge in [0, 0.05) is 17.7 Å². The summed E-state index contributed by atoms with van der Waals surface area (Å²) >= 11 is 5.95. The first kappa shape index (κ1) is 17.5. The van der Waals surface area contributed by atoms with E-state index < -0.39 is 11.3 Å². The molecular weight excluding hydrogens is 351 g/mol. The third-order valence-electron chi connectivity index (χ3n) is 2.69. The Balaban J connectivity index is 2.02. The average Bonchev–Trinajstić information content (AvgIpc) is 2.52. The Morgan fingerprint density at radius 2 is 1.71 bits per heavy atom. The maximum atomic E-state index is 12.0. The number of nitrogens with zero attached hydrogens (tertiary/aromatic N) is 2. The largest absolute Gasteiger partial charge is 0.573 e. The van der Waals surface area contributed by atoms with Crippen LogP contribution in [0.4, 0.5) is 24.5 Å². The predicted octanol–water partition coefficient (Wildman–Crippen LogP) is 4.51. The summed E-state index contributed by atoms with van der Waals surface area (Å²) < 4.78 is 39.9. The van der Waals surface area contributed by atoms with Crippen molar-refractivity contribution < 1.29 is 22.8 Å². The number of anilines is 1. The molecule has 10 heteroatoms. The monoisotopic (exact) mass is 359 g/mol. The van der Waals surface area contributed by atoms with Crippen molar-refractivity contribution in [2.24, 2.45) is 5.10 Å². The Hall–Kier alpha value is -2.81. The van der Waals surface area contributed by atoms with Crippen LogP contribution < -0.4 is 10.2 Å². The molecule has 0 heterocycles. The molecule has 1 N–H and O–H groups in total. The van der Waals surface area contributed by atoms with Crippen molar-refractivity contribution in [3.63, 3.8) is 0 Å². The van der Waals surface area contributed by atoms with Crippen LogP contribution in [0.2, 0.25) is 0 Å². The second-order valence-corrected chi connectivity index (χ2v) is 4.75. The quantitative estimate of drug-likeness (QED) is 0.484. The van der Waals surface area contributed by atoms with Gasteiger partial charge in [0.05, 0.1) is 10.6 Å². The van der Waals surface area contributed by atoms with Crippen LogP contribution in [0.25, 0.3) is 0 Å². The maximum absolute atomic E-state index is 12.0. The molecule has 0 unspecified atom stereocenters. The first-order valence-corrected chi connectivity index (χ1v) is 6.72. The Kier molecular flexibility index (Phi) is 5.24. The molecule has 2 rings (SSSR count). The molecule has 6 nitrogen and oxygen atoms in total. The molecule has 0 aliphatic carbocycles. The molecule has 2 aromatic carbocycles. The summed E-state index contributed by atoms with van der Waals surface area (Å²) in [7, 11) is 0. The number of alkyl halides is 3. The van der Waals surface area contributed by atoms with Gasteiger partial charge in [0.2, 0.25) is 0 Å². The lowest BCUT2D eigenvalue weighted by Gasteiger charge is -2.09. The Morgan fingerprint density at radius 3 is 2.21 bits per heavy atom. The van der Waals surface area contributed by atoms with Gasteiger partial charge >= 0.3 is 6.36 Å². The standard InChI is InChI=1S/C14H9ClF3N3O3/c15-13(9-1-5-11(6-2-9)21(22)23)20-19-10-3-7-12(8-4-10)24-14(16,17)18/h1-8,19H. The van der Waals surface area contributed by atoms with Gasteiger partial charge in [0.15, 0.2) is 5.17 Å².